The number of hydrogen-bond acceptors (Lipinski definition) is 7. The van der Waals surface area contributed by atoms with Gasteiger partial charge in [0.15, 0.2) is 0 Å². The van der Waals surface area contributed by atoms with Crippen LogP contribution in [-0.4, -0.2) is 66.5 Å². The van der Waals surface area contributed by atoms with Crippen LogP contribution in [0.2, 0.25) is 0 Å². The molecule has 11 nitrogen and oxygen atoms in total. The summed E-state index contributed by atoms with van der Waals surface area (Å²) in [4.78, 5) is 64.9. The Morgan fingerprint density at radius 2 is 1.62 bits per heavy atom. The van der Waals surface area contributed by atoms with E-state index in [1.165, 1.54) is 12.0 Å². The lowest BCUT2D eigenvalue weighted by atomic mass is 10.00. The fraction of sp³-hybridized carbons (Fsp3) is 0.607. The van der Waals surface area contributed by atoms with E-state index >= 15 is 0 Å². The summed E-state index contributed by atoms with van der Waals surface area (Å²) in [5.41, 5.74) is 6.02. The Hall–Kier alpha value is -3.63. The molecule has 0 heterocycles. The maximum absolute atomic E-state index is 14.0. The Morgan fingerprint density at radius 1 is 1.00 bits per heavy atom. The Morgan fingerprint density at radius 3 is 2.15 bits per heavy atom. The maximum Gasteiger partial charge on any atom is 0.408 e. The van der Waals surface area contributed by atoms with Crippen LogP contribution in [0.25, 0.3) is 0 Å². The molecule has 1 aromatic carbocycles. The average molecular weight is 549 g/mol. The van der Waals surface area contributed by atoms with Gasteiger partial charge in [-0.1, -0.05) is 62.4 Å². The Kier molecular flexibility index (Phi) is 14.0. The zero-order valence-electron chi connectivity index (χ0n) is 24.0. The first kappa shape index (κ1) is 33.4. The molecule has 0 saturated heterocycles. The van der Waals surface area contributed by atoms with Crippen molar-refractivity contribution in [3.63, 3.8) is 0 Å². The molecule has 39 heavy (non-hydrogen) atoms. The van der Waals surface area contributed by atoms with Crippen LogP contribution in [0.5, 0.6) is 0 Å². The molecule has 0 saturated carbocycles. The van der Waals surface area contributed by atoms with E-state index in [0.29, 0.717) is 12.0 Å². The minimum atomic E-state index is -1.37. The number of unbranched alkanes of at least 4 members (excludes halogenated alkanes) is 4. The van der Waals surface area contributed by atoms with Gasteiger partial charge in [-0.2, -0.15) is 0 Å². The van der Waals surface area contributed by atoms with E-state index in [1.807, 2.05) is 6.92 Å². The van der Waals surface area contributed by atoms with Crippen LogP contribution in [0.3, 0.4) is 0 Å². The fourth-order valence-electron chi connectivity index (χ4n) is 3.85. The van der Waals surface area contributed by atoms with Gasteiger partial charge < -0.3 is 30.7 Å². The number of nitrogens with one attached hydrogen (secondary N) is 2. The van der Waals surface area contributed by atoms with Gasteiger partial charge in [0.05, 0.1) is 13.5 Å². The SMILES string of the molecule is CCCCCCCN(C(=O)C(CC(N)=O)NC(=O)OC(C)(C)C)C(C(=O)NCC(=O)OC)c1ccc(C)cc1. The van der Waals surface area contributed by atoms with Crippen molar-refractivity contribution in [1.29, 1.82) is 0 Å². The van der Waals surface area contributed by atoms with Gasteiger partial charge in [-0.3, -0.25) is 19.2 Å². The third-order valence-electron chi connectivity index (χ3n) is 5.77. The monoisotopic (exact) mass is 548 g/mol. The first-order valence-electron chi connectivity index (χ1n) is 13.3. The molecule has 0 aliphatic heterocycles. The van der Waals surface area contributed by atoms with E-state index in [1.54, 1.807) is 45.0 Å². The lowest BCUT2D eigenvalue weighted by Gasteiger charge is -2.34. The van der Waals surface area contributed by atoms with Crippen molar-refractivity contribution in [3.05, 3.63) is 35.4 Å². The molecule has 0 fully saturated rings. The zero-order chi connectivity index (χ0) is 29.6. The number of methoxy groups -OCH3 is 1. The highest BCUT2D eigenvalue weighted by Crippen LogP contribution is 2.25. The van der Waals surface area contributed by atoms with E-state index in [0.717, 1.165) is 31.2 Å². The Bertz CT molecular complexity index is 973. The molecule has 1 rings (SSSR count). The molecule has 0 bridgehead atoms. The largest absolute Gasteiger partial charge is 0.468 e. The minimum Gasteiger partial charge on any atom is -0.468 e. The average Bonchev–Trinajstić information content (AvgIpc) is 2.85. The normalized spacial score (nSPS) is 12.6. The second kappa shape index (κ2) is 16.4. The molecule has 1 aromatic rings. The van der Waals surface area contributed by atoms with Crippen molar-refractivity contribution in [3.8, 4) is 0 Å². The van der Waals surface area contributed by atoms with Crippen LogP contribution in [0, 0.1) is 6.92 Å². The van der Waals surface area contributed by atoms with Crippen LogP contribution in [0.4, 0.5) is 4.79 Å². The summed E-state index contributed by atoms with van der Waals surface area (Å²) >= 11 is 0. The molecule has 0 aliphatic rings. The molecule has 4 N–H and O–H groups in total. The lowest BCUT2D eigenvalue weighted by molar-refractivity contribution is -0.145. The van der Waals surface area contributed by atoms with Crippen molar-refractivity contribution in [2.24, 2.45) is 5.73 Å². The molecular weight excluding hydrogens is 504 g/mol. The predicted octanol–water partition coefficient (Wildman–Crippen LogP) is 2.89. The highest BCUT2D eigenvalue weighted by Gasteiger charge is 2.37. The van der Waals surface area contributed by atoms with Crippen LogP contribution in [0.1, 0.15) is 83.4 Å². The number of carbonyl (C=O) groups is 5. The molecule has 0 spiro atoms. The summed E-state index contributed by atoms with van der Waals surface area (Å²) in [6, 6.07) is 4.54. The molecule has 0 aliphatic carbocycles. The summed E-state index contributed by atoms with van der Waals surface area (Å²) in [5.74, 6) is -2.74. The van der Waals surface area contributed by atoms with Crippen molar-refractivity contribution in [2.75, 3.05) is 20.2 Å². The molecule has 0 radical (unpaired) electrons. The first-order valence-corrected chi connectivity index (χ1v) is 13.3. The molecule has 2 atom stereocenters. The topological polar surface area (TPSA) is 157 Å². The summed E-state index contributed by atoms with van der Waals surface area (Å²) in [6.45, 7) is 8.75. The second-order valence-electron chi connectivity index (χ2n) is 10.4. The van der Waals surface area contributed by atoms with Crippen LogP contribution < -0.4 is 16.4 Å². The number of nitrogens with zero attached hydrogens (tertiary/aromatic N) is 1. The zero-order valence-corrected chi connectivity index (χ0v) is 24.0. The molecule has 4 amide bonds. The van der Waals surface area contributed by atoms with Crippen molar-refractivity contribution in [2.45, 2.75) is 90.8 Å². The fourth-order valence-corrected chi connectivity index (χ4v) is 3.85. The Balaban J connectivity index is 3.46. The van der Waals surface area contributed by atoms with E-state index in [2.05, 4.69) is 22.3 Å². The van der Waals surface area contributed by atoms with Gasteiger partial charge >= 0.3 is 12.1 Å². The van der Waals surface area contributed by atoms with E-state index in [9.17, 15) is 24.0 Å². The highest BCUT2D eigenvalue weighted by atomic mass is 16.6. The number of carbonyl (C=O) groups excluding carboxylic acids is 5. The van der Waals surface area contributed by atoms with Gasteiger partial charge in [-0.05, 0) is 39.7 Å². The number of alkyl carbamates (subject to hydrolysis) is 1. The lowest BCUT2D eigenvalue weighted by Crippen LogP contribution is -2.54. The molecular formula is C28H44N4O7. The molecule has 2 unspecified atom stereocenters. The summed E-state index contributed by atoms with van der Waals surface area (Å²) in [6.07, 6.45) is 3.01. The summed E-state index contributed by atoms with van der Waals surface area (Å²) in [7, 11) is 1.20. The molecule has 0 aromatic heterocycles. The van der Waals surface area contributed by atoms with Gasteiger partial charge in [0.25, 0.3) is 0 Å². The third kappa shape index (κ3) is 12.6. The van der Waals surface area contributed by atoms with Crippen molar-refractivity contribution < 1.29 is 33.4 Å². The standard InChI is InChI=1S/C28H44N4O7/c1-7-8-9-10-11-16-32(26(36)21(17-22(29)33)31-27(37)39-28(3,4)5)24(20-14-12-19(2)13-15-20)25(35)30-18-23(34)38-6/h12-15,21,24H,7-11,16-18H2,1-6H3,(H2,29,33)(H,30,35)(H,31,37). The number of hydrogen-bond donors (Lipinski definition) is 3. The first-order chi connectivity index (χ1) is 18.3. The predicted molar refractivity (Wildman–Crippen MR) is 146 cm³/mol. The summed E-state index contributed by atoms with van der Waals surface area (Å²) < 4.78 is 9.92. The number of nitrogens with two attached hydrogens (primary N) is 1. The van der Waals surface area contributed by atoms with Gasteiger partial charge in [0, 0.05) is 6.54 Å². The molecule has 218 valence electrons. The Labute approximate surface area is 231 Å². The second-order valence-corrected chi connectivity index (χ2v) is 10.4. The third-order valence-corrected chi connectivity index (χ3v) is 5.77. The van der Waals surface area contributed by atoms with Gasteiger partial charge in [0.1, 0.15) is 24.2 Å². The molecule has 11 heteroatoms. The quantitative estimate of drug-likeness (QED) is 0.225. The maximum atomic E-state index is 14.0. The van der Waals surface area contributed by atoms with Crippen molar-refractivity contribution in [1.82, 2.24) is 15.5 Å². The highest BCUT2D eigenvalue weighted by molar-refractivity contribution is 5.95. The van der Waals surface area contributed by atoms with Gasteiger partial charge in [0.2, 0.25) is 17.7 Å². The van der Waals surface area contributed by atoms with Gasteiger partial charge in [-0.15, -0.1) is 0 Å². The van der Waals surface area contributed by atoms with E-state index < -0.39 is 60.4 Å². The number of benzene rings is 1. The van der Waals surface area contributed by atoms with Crippen molar-refractivity contribution >= 4 is 29.8 Å². The van der Waals surface area contributed by atoms with E-state index in [-0.39, 0.29) is 6.54 Å². The number of primary amides is 1. The van der Waals surface area contributed by atoms with Gasteiger partial charge in [-0.25, -0.2) is 4.79 Å². The van der Waals surface area contributed by atoms with Crippen LogP contribution in [-0.2, 0) is 28.7 Å². The number of aryl methyl sites for hydroxylation is 1. The smallest absolute Gasteiger partial charge is 0.408 e. The van der Waals surface area contributed by atoms with Crippen LogP contribution >= 0.6 is 0 Å². The summed E-state index contributed by atoms with van der Waals surface area (Å²) in [5, 5.41) is 4.98. The number of ether oxygens (including phenoxy) is 2. The van der Waals surface area contributed by atoms with Crippen LogP contribution in [0.15, 0.2) is 24.3 Å². The minimum absolute atomic E-state index is 0.165. The number of esters is 1. The van der Waals surface area contributed by atoms with E-state index in [4.69, 9.17) is 10.5 Å². The number of amides is 4. The number of rotatable bonds is 15.